The van der Waals surface area contributed by atoms with Crippen LogP contribution in [0.15, 0.2) is 36.9 Å². The molecule has 1 amide bonds. The lowest BCUT2D eigenvalue weighted by Gasteiger charge is -2.09. The summed E-state index contributed by atoms with van der Waals surface area (Å²) >= 11 is 0. The molecule has 1 heterocycles. The monoisotopic (exact) mass is 272 g/mol. The van der Waals surface area contributed by atoms with Crippen molar-refractivity contribution in [3.8, 4) is 0 Å². The number of anilines is 1. The van der Waals surface area contributed by atoms with E-state index in [-0.39, 0.29) is 5.91 Å². The number of nitrogens with two attached hydrogens (primary N) is 1. The highest BCUT2D eigenvalue weighted by Gasteiger charge is 2.09. The molecule has 0 aliphatic carbocycles. The molecular formula is C15H20N4O. The Morgan fingerprint density at radius 1 is 1.40 bits per heavy atom. The van der Waals surface area contributed by atoms with Crippen LogP contribution in [0.3, 0.4) is 0 Å². The summed E-state index contributed by atoms with van der Waals surface area (Å²) in [7, 11) is 0. The van der Waals surface area contributed by atoms with Crippen LogP contribution in [0.2, 0.25) is 0 Å². The van der Waals surface area contributed by atoms with Crippen LogP contribution in [0.5, 0.6) is 0 Å². The molecule has 20 heavy (non-hydrogen) atoms. The molecule has 0 aliphatic heterocycles. The fourth-order valence-electron chi connectivity index (χ4n) is 2.04. The Morgan fingerprint density at radius 3 is 3.00 bits per heavy atom. The Bertz CT molecular complexity index is 563. The second-order valence-electron chi connectivity index (χ2n) is 4.78. The van der Waals surface area contributed by atoms with Gasteiger partial charge >= 0.3 is 0 Å². The van der Waals surface area contributed by atoms with Crippen LogP contribution < -0.4 is 11.1 Å². The molecule has 0 atom stereocenters. The number of aryl methyl sites for hydroxylation is 1. The Kier molecular flexibility index (Phi) is 4.76. The first kappa shape index (κ1) is 14.1. The lowest BCUT2D eigenvalue weighted by molar-refractivity contribution is 0.0952. The third-order valence-corrected chi connectivity index (χ3v) is 3.31. The first-order chi connectivity index (χ1) is 9.68. The molecule has 0 saturated heterocycles. The first-order valence-electron chi connectivity index (χ1n) is 6.77. The molecule has 0 aliphatic rings. The van der Waals surface area contributed by atoms with E-state index in [1.54, 1.807) is 30.7 Å². The zero-order valence-corrected chi connectivity index (χ0v) is 11.7. The lowest BCUT2D eigenvalue weighted by Crippen LogP contribution is -2.25. The lowest BCUT2D eigenvalue weighted by atomic mass is 10.1. The predicted octanol–water partition coefficient (Wildman–Crippen LogP) is 1.98. The molecule has 0 radical (unpaired) electrons. The molecule has 5 heteroatoms. The molecule has 1 aromatic carbocycles. The van der Waals surface area contributed by atoms with E-state index in [0.717, 1.165) is 24.9 Å². The number of nitrogens with one attached hydrogen (secondary N) is 1. The number of benzene rings is 1. The Hall–Kier alpha value is -2.30. The van der Waals surface area contributed by atoms with Gasteiger partial charge in [0.25, 0.3) is 5.91 Å². The molecule has 2 aromatic rings. The normalized spacial score (nSPS) is 10.4. The van der Waals surface area contributed by atoms with Crippen molar-refractivity contribution in [3.63, 3.8) is 0 Å². The van der Waals surface area contributed by atoms with Crippen molar-refractivity contribution in [1.29, 1.82) is 0 Å². The number of carbonyl (C=O) groups excluding carboxylic acids is 1. The van der Waals surface area contributed by atoms with Gasteiger partial charge in [0.05, 0.1) is 6.33 Å². The van der Waals surface area contributed by atoms with Crippen LogP contribution in [0.25, 0.3) is 0 Å². The number of hydrogen-bond acceptors (Lipinski definition) is 3. The molecule has 3 N–H and O–H groups in total. The van der Waals surface area contributed by atoms with Crippen molar-refractivity contribution >= 4 is 11.6 Å². The summed E-state index contributed by atoms with van der Waals surface area (Å²) in [4.78, 5) is 16.0. The van der Waals surface area contributed by atoms with Gasteiger partial charge in [-0.15, -0.1) is 0 Å². The number of aromatic nitrogens is 2. The summed E-state index contributed by atoms with van der Waals surface area (Å²) in [6, 6.07) is 5.40. The highest BCUT2D eigenvalue weighted by atomic mass is 16.1. The molecule has 0 spiro atoms. The average Bonchev–Trinajstić information content (AvgIpc) is 2.94. The standard InChI is InChI=1S/C15H20N4O/c1-12-13(5-4-6-14(12)16)15(20)18-7-2-3-9-19-10-8-17-11-19/h4-6,8,10-11H,2-3,7,9,16H2,1H3,(H,18,20). The predicted molar refractivity (Wildman–Crippen MR) is 79.4 cm³/mol. The van der Waals surface area contributed by atoms with Gasteiger partial charge in [0.1, 0.15) is 0 Å². The van der Waals surface area contributed by atoms with E-state index in [0.29, 0.717) is 17.8 Å². The number of rotatable bonds is 6. The van der Waals surface area contributed by atoms with E-state index in [1.165, 1.54) is 0 Å². The molecule has 106 valence electrons. The van der Waals surface area contributed by atoms with Crippen LogP contribution in [0.1, 0.15) is 28.8 Å². The van der Waals surface area contributed by atoms with E-state index in [9.17, 15) is 4.79 Å². The number of nitrogen functional groups attached to an aromatic ring is 1. The minimum absolute atomic E-state index is 0.0579. The van der Waals surface area contributed by atoms with Gasteiger partial charge in [-0.1, -0.05) is 6.07 Å². The van der Waals surface area contributed by atoms with Gasteiger partial charge in [0, 0.05) is 36.7 Å². The van der Waals surface area contributed by atoms with Gasteiger partial charge in [-0.2, -0.15) is 0 Å². The summed E-state index contributed by atoms with van der Waals surface area (Å²) in [5, 5.41) is 2.93. The van der Waals surface area contributed by atoms with Gasteiger partial charge in [-0.3, -0.25) is 4.79 Å². The van der Waals surface area contributed by atoms with Gasteiger partial charge in [0.2, 0.25) is 0 Å². The summed E-state index contributed by atoms with van der Waals surface area (Å²) in [5.41, 5.74) is 7.94. The SMILES string of the molecule is Cc1c(N)cccc1C(=O)NCCCCn1ccnc1. The summed E-state index contributed by atoms with van der Waals surface area (Å²) in [6.45, 7) is 3.46. The molecule has 0 bridgehead atoms. The van der Waals surface area contributed by atoms with Crippen molar-refractivity contribution in [2.75, 3.05) is 12.3 Å². The van der Waals surface area contributed by atoms with Gasteiger partial charge in [0.15, 0.2) is 0 Å². The zero-order valence-electron chi connectivity index (χ0n) is 11.7. The van der Waals surface area contributed by atoms with Crippen molar-refractivity contribution < 1.29 is 4.79 Å². The third-order valence-electron chi connectivity index (χ3n) is 3.31. The van der Waals surface area contributed by atoms with Crippen LogP contribution in [-0.2, 0) is 6.54 Å². The summed E-state index contributed by atoms with van der Waals surface area (Å²) in [6.07, 6.45) is 7.45. The van der Waals surface area contributed by atoms with Crippen LogP contribution in [-0.4, -0.2) is 22.0 Å². The van der Waals surface area contributed by atoms with E-state index in [1.807, 2.05) is 17.7 Å². The highest BCUT2D eigenvalue weighted by Crippen LogP contribution is 2.15. The second-order valence-corrected chi connectivity index (χ2v) is 4.78. The summed E-state index contributed by atoms with van der Waals surface area (Å²) < 4.78 is 2.03. The van der Waals surface area contributed by atoms with Crippen LogP contribution in [0.4, 0.5) is 5.69 Å². The molecule has 0 saturated carbocycles. The largest absolute Gasteiger partial charge is 0.398 e. The number of imidazole rings is 1. The average molecular weight is 272 g/mol. The fourth-order valence-corrected chi connectivity index (χ4v) is 2.04. The van der Waals surface area contributed by atoms with Crippen molar-refractivity contribution in [2.24, 2.45) is 0 Å². The van der Waals surface area contributed by atoms with Crippen molar-refractivity contribution in [2.45, 2.75) is 26.3 Å². The molecule has 2 rings (SSSR count). The second kappa shape index (κ2) is 6.75. The van der Waals surface area contributed by atoms with E-state index in [4.69, 9.17) is 5.73 Å². The number of amides is 1. The molecular weight excluding hydrogens is 252 g/mol. The Balaban J connectivity index is 1.74. The minimum atomic E-state index is -0.0579. The fraction of sp³-hybridized carbons (Fsp3) is 0.333. The smallest absolute Gasteiger partial charge is 0.251 e. The third kappa shape index (κ3) is 3.60. The van der Waals surface area contributed by atoms with Gasteiger partial charge < -0.3 is 15.6 Å². The van der Waals surface area contributed by atoms with Crippen molar-refractivity contribution in [1.82, 2.24) is 14.9 Å². The molecule has 0 unspecified atom stereocenters. The Labute approximate surface area is 118 Å². The highest BCUT2D eigenvalue weighted by molar-refractivity contribution is 5.96. The van der Waals surface area contributed by atoms with Crippen LogP contribution in [0, 0.1) is 6.92 Å². The van der Waals surface area contributed by atoms with Gasteiger partial charge in [-0.25, -0.2) is 4.98 Å². The van der Waals surface area contributed by atoms with Crippen LogP contribution >= 0.6 is 0 Å². The minimum Gasteiger partial charge on any atom is -0.398 e. The van der Waals surface area contributed by atoms with E-state index >= 15 is 0 Å². The van der Waals surface area contributed by atoms with Crippen molar-refractivity contribution in [3.05, 3.63) is 48.0 Å². The number of nitrogens with zero attached hydrogens (tertiary/aromatic N) is 2. The number of unbranched alkanes of at least 4 members (excludes halogenated alkanes) is 1. The first-order valence-corrected chi connectivity index (χ1v) is 6.77. The summed E-state index contributed by atoms with van der Waals surface area (Å²) in [5.74, 6) is -0.0579. The number of carbonyl (C=O) groups is 1. The Morgan fingerprint density at radius 2 is 2.25 bits per heavy atom. The maximum absolute atomic E-state index is 12.0. The van der Waals surface area contributed by atoms with E-state index < -0.39 is 0 Å². The van der Waals surface area contributed by atoms with Gasteiger partial charge in [-0.05, 0) is 37.5 Å². The number of hydrogen-bond donors (Lipinski definition) is 2. The topological polar surface area (TPSA) is 72.9 Å². The van der Waals surface area contributed by atoms with E-state index in [2.05, 4.69) is 10.3 Å². The maximum Gasteiger partial charge on any atom is 0.251 e. The maximum atomic E-state index is 12.0. The zero-order chi connectivity index (χ0) is 14.4. The molecule has 1 aromatic heterocycles. The molecule has 0 fully saturated rings. The molecule has 5 nitrogen and oxygen atoms in total. The quantitative estimate of drug-likeness (QED) is 0.624.